The highest BCUT2D eigenvalue weighted by Crippen LogP contribution is 2.22. The molecule has 0 bridgehead atoms. The van der Waals surface area contributed by atoms with Gasteiger partial charge in [-0.3, -0.25) is 9.59 Å². The second-order valence-corrected chi connectivity index (χ2v) is 8.30. The fraction of sp³-hybridized carbons (Fsp3) is 0.292. The molecule has 2 aromatic carbocycles. The van der Waals surface area contributed by atoms with Gasteiger partial charge in [0.15, 0.2) is 0 Å². The number of hydrogen-bond acceptors (Lipinski definition) is 5. The number of nitrogens with one attached hydrogen (secondary N) is 1. The number of carbonyl (C=O) groups excluding carboxylic acids is 1. The van der Waals surface area contributed by atoms with Gasteiger partial charge in [-0.05, 0) is 55.2 Å². The molecule has 1 saturated heterocycles. The van der Waals surface area contributed by atoms with Gasteiger partial charge >= 0.3 is 0 Å². The molecule has 0 spiro atoms. The van der Waals surface area contributed by atoms with Gasteiger partial charge in [-0.15, -0.1) is 0 Å². The number of nitrogens with zero attached hydrogens (tertiary/aromatic N) is 2. The number of carbonyl (C=O) groups is 1. The molecule has 9 heteroatoms. The summed E-state index contributed by atoms with van der Waals surface area (Å²) in [4.78, 5) is 26.4. The molecule has 1 aliphatic heterocycles. The molecule has 3 aromatic rings. The van der Waals surface area contributed by atoms with Crippen LogP contribution in [0.1, 0.15) is 23.2 Å². The van der Waals surface area contributed by atoms with Crippen LogP contribution in [0.15, 0.2) is 59.4 Å². The lowest BCUT2D eigenvalue weighted by Gasteiger charge is -2.29. The van der Waals surface area contributed by atoms with Crippen LogP contribution >= 0.6 is 11.6 Å². The van der Waals surface area contributed by atoms with Crippen LogP contribution in [0.5, 0.6) is 0 Å². The van der Waals surface area contributed by atoms with Gasteiger partial charge in [0.2, 0.25) is 0 Å². The monoisotopic (exact) mass is 471 g/mol. The van der Waals surface area contributed by atoms with Crippen LogP contribution < -0.4 is 10.9 Å². The van der Waals surface area contributed by atoms with Crippen LogP contribution in [0.2, 0.25) is 5.02 Å². The predicted molar refractivity (Wildman–Crippen MR) is 122 cm³/mol. The highest BCUT2D eigenvalue weighted by Gasteiger charge is 2.27. The Balaban J connectivity index is 1.76. The molecule has 2 N–H and O–H groups in total. The van der Waals surface area contributed by atoms with E-state index in [0.29, 0.717) is 42.3 Å². The van der Waals surface area contributed by atoms with Crippen LogP contribution in [0.4, 0.5) is 4.39 Å². The van der Waals surface area contributed by atoms with Crippen molar-refractivity contribution in [1.29, 1.82) is 0 Å². The van der Waals surface area contributed by atoms with E-state index in [9.17, 15) is 19.1 Å². The van der Waals surface area contributed by atoms with Gasteiger partial charge in [0.05, 0.1) is 24.0 Å². The van der Waals surface area contributed by atoms with Crippen molar-refractivity contribution < 1.29 is 19.0 Å². The second kappa shape index (κ2) is 10.2. The molecule has 1 fully saturated rings. The lowest BCUT2D eigenvalue weighted by molar-refractivity contribution is 0.0419. The van der Waals surface area contributed by atoms with Crippen molar-refractivity contribution >= 4 is 17.5 Å². The zero-order chi connectivity index (χ0) is 23.4. The van der Waals surface area contributed by atoms with Crippen LogP contribution in [-0.4, -0.2) is 46.7 Å². The van der Waals surface area contributed by atoms with Crippen molar-refractivity contribution in [2.24, 2.45) is 5.92 Å². The topological polar surface area (TPSA) is 93.4 Å². The summed E-state index contributed by atoms with van der Waals surface area (Å²) >= 11 is 5.98. The first-order chi connectivity index (χ1) is 16.0. The van der Waals surface area contributed by atoms with Gasteiger partial charge < -0.3 is 15.2 Å². The molecule has 172 valence electrons. The normalized spacial score (nSPS) is 15.2. The first kappa shape index (κ1) is 23.1. The van der Waals surface area contributed by atoms with E-state index < -0.39 is 23.3 Å². The maximum Gasteiger partial charge on any atom is 0.284 e. The van der Waals surface area contributed by atoms with Crippen molar-refractivity contribution in [3.8, 4) is 16.9 Å². The summed E-state index contributed by atoms with van der Waals surface area (Å²) in [6, 6.07) is 13.1. The Morgan fingerprint density at radius 1 is 1.21 bits per heavy atom. The lowest BCUT2D eigenvalue weighted by atomic mass is 9.92. The van der Waals surface area contributed by atoms with E-state index in [4.69, 9.17) is 16.3 Å². The molecular formula is C24H23ClFN3O4. The molecule has 1 atom stereocenters. The standard InChI is InChI=1S/C24H23ClFN3O4/c25-17-6-4-15(5-7-17)21-13-20(23(31)27-22(14-30)16-8-10-33-11-9-16)24(32)29(28-21)19-3-1-2-18(26)12-19/h1-7,12-13,16,22,30H,8-11,14H2,(H,27,31). The summed E-state index contributed by atoms with van der Waals surface area (Å²) in [7, 11) is 0. The molecule has 2 heterocycles. The van der Waals surface area contributed by atoms with Crippen molar-refractivity contribution in [3.05, 3.63) is 81.4 Å². The van der Waals surface area contributed by atoms with Gasteiger partial charge in [0.1, 0.15) is 11.4 Å². The zero-order valence-electron chi connectivity index (χ0n) is 17.7. The third kappa shape index (κ3) is 5.30. The molecule has 0 radical (unpaired) electrons. The maximum atomic E-state index is 13.9. The smallest absolute Gasteiger partial charge is 0.284 e. The number of amides is 1. The van der Waals surface area contributed by atoms with E-state index in [1.54, 1.807) is 24.3 Å². The first-order valence-corrected chi connectivity index (χ1v) is 11.0. The Hall–Kier alpha value is -3.07. The predicted octanol–water partition coefficient (Wildman–Crippen LogP) is 3.21. The minimum Gasteiger partial charge on any atom is -0.394 e. The summed E-state index contributed by atoms with van der Waals surface area (Å²) in [5, 5.41) is 17.5. The first-order valence-electron chi connectivity index (χ1n) is 10.6. The summed E-state index contributed by atoms with van der Waals surface area (Å²) in [6.07, 6.45) is 1.40. The van der Waals surface area contributed by atoms with E-state index >= 15 is 0 Å². The number of aromatic nitrogens is 2. The molecule has 1 amide bonds. The molecule has 4 rings (SSSR count). The van der Waals surface area contributed by atoms with Crippen LogP contribution in [0.3, 0.4) is 0 Å². The summed E-state index contributed by atoms with van der Waals surface area (Å²) < 4.78 is 20.2. The van der Waals surface area contributed by atoms with E-state index in [-0.39, 0.29) is 23.8 Å². The van der Waals surface area contributed by atoms with Gasteiger partial charge in [0.25, 0.3) is 11.5 Å². The molecule has 1 aliphatic rings. The molecule has 0 saturated carbocycles. The van der Waals surface area contributed by atoms with Gasteiger partial charge in [0, 0.05) is 23.8 Å². The van der Waals surface area contributed by atoms with E-state index in [2.05, 4.69) is 10.4 Å². The Bertz CT molecular complexity index is 1190. The molecule has 7 nitrogen and oxygen atoms in total. The number of benzene rings is 2. The van der Waals surface area contributed by atoms with Crippen molar-refractivity contribution in [2.75, 3.05) is 19.8 Å². The largest absolute Gasteiger partial charge is 0.394 e. The molecule has 1 unspecified atom stereocenters. The van der Waals surface area contributed by atoms with Crippen molar-refractivity contribution in [1.82, 2.24) is 15.1 Å². The van der Waals surface area contributed by atoms with Crippen LogP contribution in [0.25, 0.3) is 16.9 Å². The van der Waals surface area contributed by atoms with Crippen molar-refractivity contribution in [3.63, 3.8) is 0 Å². The quantitative estimate of drug-likeness (QED) is 0.576. The number of aliphatic hydroxyl groups excluding tert-OH is 1. The molecule has 33 heavy (non-hydrogen) atoms. The third-order valence-electron chi connectivity index (χ3n) is 5.70. The minimum atomic E-state index is -0.695. The average Bonchev–Trinajstić information content (AvgIpc) is 2.83. The highest BCUT2D eigenvalue weighted by atomic mass is 35.5. The summed E-state index contributed by atoms with van der Waals surface area (Å²) in [6.45, 7) is 0.850. The molecule has 0 aliphatic carbocycles. The average molecular weight is 472 g/mol. The number of aliphatic hydroxyl groups is 1. The van der Waals surface area contributed by atoms with E-state index in [1.165, 1.54) is 30.3 Å². The van der Waals surface area contributed by atoms with Gasteiger partial charge in [-0.1, -0.05) is 29.8 Å². The molecule has 1 aromatic heterocycles. The Kier molecular flexibility index (Phi) is 7.17. The maximum absolute atomic E-state index is 13.9. The van der Waals surface area contributed by atoms with Crippen molar-refractivity contribution in [2.45, 2.75) is 18.9 Å². The highest BCUT2D eigenvalue weighted by molar-refractivity contribution is 6.30. The summed E-state index contributed by atoms with van der Waals surface area (Å²) in [5.74, 6) is -1.13. The minimum absolute atomic E-state index is 0.0377. The number of rotatable bonds is 6. The summed E-state index contributed by atoms with van der Waals surface area (Å²) in [5.41, 5.74) is 0.297. The fourth-order valence-electron chi connectivity index (χ4n) is 3.88. The second-order valence-electron chi connectivity index (χ2n) is 7.86. The van der Waals surface area contributed by atoms with Gasteiger partial charge in [-0.25, -0.2) is 4.39 Å². The van der Waals surface area contributed by atoms with E-state index in [0.717, 1.165) is 4.68 Å². The van der Waals surface area contributed by atoms with Gasteiger partial charge in [-0.2, -0.15) is 9.78 Å². The zero-order valence-corrected chi connectivity index (χ0v) is 18.5. The number of halogens is 2. The Morgan fingerprint density at radius 3 is 2.61 bits per heavy atom. The fourth-order valence-corrected chi connectivity index (χ4v) is 4.00. The van der Waals surface area contributed by atoms with E-state index in [1.807, 2.05) is 0 Å². The Labute approximate surface area is 194 Å². The molecular weight excluding hydrogens is 449 g/mol. The number of hydrogen-bond donors (Lipinski definition) is 2. The SMILES string of the molecule is O=C(NC(CO)C1CCOCC1)c1cc(-c2ccc(Cl)cc2)nn(-c2cccc(F)c2)c1=O. The Morgan fingerprint density at radius 2 is 1.94 bits per heavy atom. The number of ether oxygens (including phenoxy) is 1. The van der Waals surface area contributed by atoms with Crippen LogP contribution in [-0.2, 0) is 4.74 Å². The third-order valence-corrected chi connectivity index (χ3v) is 5.95. The lowest BCUT2D eigenvalue weighted by Crippen LogP contribution is -2.46. The van der Waals surface area contributed by atoms with Crippen LogP contribution in [0, 0.1) is 11.7 Å².